The number of amides is 1. The van der Waals surface area contributed by atoms with Gasteiger partial charge in [-0.15, -0.1) is 5.10 Å². The number of likely N-dealkylation sites (N-methyl/N-ethyl adjacent to an activating group) is 1. The summed E-state index contributed by atoms with van der Waals surface area (Å²) in [5, 5.41) is 3.51. The van der Waals surface area contributed by atoms with Gasteiger partial charge >= 0.3 is 6.18 Å². The van der Waals surface area contributed by atoms with Crippen LogP contribution in [0.25, 0.3) is 5.78 Å². The first-order valence-corrected chi connectivity index (χ1v) is 8.66. The topological polar surface area (TPSA) is 63.4 Å². The molecule has 0 radical (unpaired) electrons. The molecule has 28 heavy (non-hydrogen) atoms. The van der Waals surface area contributed by atoms with Crippen LogP contribution >= 0.6 is 0 Å². The molecule has 0 unspecified atom stereocenters. The van der Waals surface area contributed by atoms with Crippen LogP contribution in [0.5, 0.6) is 0 Å². The second-order valence-electron chi connectivity index (χ2n) is 6.82. The van der Waals surface area contributed by atoms with Crippen molar-refractivity contribution >= 4 is 11.7 Å². The van der Waals surface area contributed by atoms with Crippen LogP contribution < -0.4 is 0 Å². The van der Waals surface area contributed by atoms with Gasteiger partial charge in [0.2, 0.25) is 5.91 Å². The van der Waals surface area contributed by atoms with Gasteiger partial charge in [0.25, 0.3) is 11.6 Å². The number of carbonyl (C=O) groups excluding carboxylic acids is 1. The molecule has 2 heterocycles. The van der Waals surface area contributed by atoms with E-state index in [1.807, 2.05) is 31.2 Å². The second-order valence-corrected chi connectivity index (χ2v) is 6.82. The molecule has 0 saturated carbocycles. The second kappa shape index (κ2) is 7.21. The van der Waals surface area contributed by atoms with Crippen molar-refractivity contribution in [1.29, 1.82) is 0 Å². The van der Waals surface area contributed by atoms with Crippen LogP contribution in [0.4, 0.5) is 13.2 Å². The molecule has 0 spiro atoms. The third-order valence-corrected chi connectivity index (χ3v) is 4.60. The van der Waals surface area contributed by atoms with Crippen LogP contribution in [0.15, 0.2) is 24.3 Å². The van der Waals surface area contributed by atoms with Gasteiger partial charge in [-0.1, -0.05) is 29.8 Å². The molecule has 0 aliphatic carbocycles. The molecule has 0 saturated heterocycles. The number of alkyl halides is 3. The van der Waals surface area contributed by atoms with E-state index in [-0.39, 0.29) is 18.1 Å². The SMILES string of the molecule is Cc1ccc(CN(C)C(=O)Cc2c(C)nc3nc(C(F)(F)F)nn3c2C)cc1. The van der Waals surface area contributed by atoms with Crippen LogP contribution in [0.2, 0.25) is 0 Å². The number of benzene rings is 1. The van der Waals surface area contributed by atoms with Crippen LogP contribution in [0.3, 0.4) is 0 Å². The molecule has 148 valence electrons. The quantitative estimate of drug-likeness (QED) is 0.685. The molecule has 3 aromatic rings. The lowest BCUT2D eigenvalue weighted by Crippen LogP contribution is -2.28. The number of hydrogen-bond acceptors (Lipinski definition) is 4. The van der Waals surface area contributed by atoms with Gasteiger partial charge < -0.3 is 4.90 Å². The van der Waals surface area contributed by atoms with Crippen molar-refractivity contribution in [3.8, 4) is 0 Å². The first-order chi connectivity index (χ1) is 13.1. The lowest BCUT2D eigenvalue weighted by Gasteiger charge is -2.19. The zero-order valence-corrected chi connectivity index (χ0v) is 16.0. The Kier molecular flexibility index (Phi) is 5.10. The number of hydrogen-bond donors (Lipinski definition) is 0. The average Bonchev–Trinajstić information content (AvgIpc) is 3.05. The number of rotatable bonds is 4. The summed E-state index contributed by atoms with van der Waals surface area (Å²) in [7, 11) is 1.69. The molecule has 3 rings (SSSR count). The van der Waals surface area contributed by atoms with Gasteiger partial charge in [-0.05, 0) is 26.3 Å². The molecule has 0 aliphatic rings. The van der Waals surface area contributed by atoms with Gasteiger partial charge in [-0.25, -0.2) is 9.50 Å². The van der Waals surface area contributed by atoms with Gasteiger partial charge in [-0.2, -0.15) is 18.2 Å². The third-order valence-electron chi connectivity index (χ3n) is 4.60. The first-order valence-electron chi connectivity index (χ1n) is 8.66. The maximum atomic E-state index is 12.9. The Balaban J connectivity index is 1.84. The highest BCUT2D eigenvalue weighted by Gasteiger charge is 2.37. The van der Waals surface area contributed by atoms with Crippen LogP contribution in [0, 0.1) is 20.8 Å². The van der Waals surface area contributed by atoms with Crippen LogP contribution in [-0.4, -0.2) is 37.4 Å². The summed E-state index contributed by atoms with van der Waals surface area (Å²) in [5.41, 5.74) is 3.56. The van der Waals surface area contributed by atoms with Crippen molar-refractivity contribution in [1.82, 2.24) is 24.5 Å². The van der Waals surface area contributed by atoms with Crippen molar-refractivity contribution in [2.24, 2.45) is 0 Å². The Morgan fingerprint density at radius 2 is 1.75 bits per heavy atom. The van der Waals surface area contributed by atoms with Crippen molar-refractivity contribution in [3.05, 3.63) is 58.2 Å². The maximum absolute atomic E-state index is 12.9. The summed E-state index contributed by atoms with van der Waals surface area (Å²) in [5.74, 6) is -1.54. The van der Waals surface area contributed by atoms with E-state index in [4.69, 9.17) is 0 Å². The van der Waals surface area contributed by atoms with Crippen molar-refractivity contribution in [3.63, 3.8) is 0 Å². The fraction of sp³-hybridized carbons (Fsp3) is 0.368. The molecule has 0 N–H and O–H groups in total. The van der Waals surface area contributed by atoms with Gasteiger partial charge in [0.15, 0.2) is 0 Å². The molecule has 6 nitrogen and oxygen atoms in total. The summed E-state index contributed by atoms with van der Waals surface area (Å²) < 4.78 is 39.7. The Morgan fingerprint density at radius 1 is 1.11 bits per heavy atom. The zero-order valence-electron chi connectivity index (χ0n) is 16.0. The fourth-order valence-electron chi connectivity index (χ4n) is 2.93. The molecule has 0 bridgehead atoms. The Labute approximate surface area is 160 Å². The van der Waals surface area contributed by atoms with E-state index in [0.717, 1.165) is 15.6 Å². The molecule has 1 amide bonds. The van der Waals surface area contributed by atoms with Crippen molar-refractivity contribution in [2.45, 2.75) is 39.9 Å². The largest absolute Gasteiger partial charge is 0.453 e. The normalized spacial score (nSPS) is 11.8. The molecule has 0 fully saturated rings. The highest BCUT2D eigenvalue weighted by molar-refractivity contribution is 5.79. The predicted octanol–water partition coefficient (Wildman–Crippen LogP) is 3.27. The van der Waals surface area contributed by atoms with Gasteiger partial charge in [0, 0.05) is 30.5 Å². The number of fused-ring (bicyclic) bond motifs is 1. The number of aryl methyl sites for hydroxylation is 3. The van der Waals surface area contributed by atoms with E-state index in [9.17, 15) is 18.0 Å². The molecule has 2 aromatic heterocycles. The van der Waals surface area contributed by atoms with E-state index in [2.05, 4.69) is 15.1 Å². The Bertz CT molecular complexity index is 1020. The van der Waals surface area contributed by atoms with Gasteiger partial charge in [0.05, 0.1) is 6.42 Å². The molecule has 0 aliphatic heterocycles. The maximum Gasteiger partial charge on any atom is 0.453 e. The summed E-state index contributed by atoms with van der Waals surface area (Å²) >= 11 is 0. The van der Waals surface area contributed by atoms with Crippen LogP contribution in [-0.2, 0) is 23.9 Å². The third kappa shape index (κ3) is 3.97. The van der Waals surface area contributed by atoms with Crippen LogP contribution in [0.1, 0.15) is 33.9 Å². The summed E-state index contributed by atoms with van der Waals surface area (Å²) in [6, 6.07) is 7.86. The van der Waals surface area contributed by atoms with E-state index < -0.39 is 12.0 Å². The monoisotopic (exact) mass is 391 g/mol. The fourth-order valence-corrected chi connectivity index (χ4v) is 2.93. The Morgan fingerprint density at radius 3 is 2.36 bits per heavy atom. The van der Waals surface area contributed by atoms with Crippen molar-refractivity contribution < 1.29 is 18.0 Å². The number of halogens is 3. The minimum atomic E-state index is -4.65. The summed E-state index contributed by atoms with van der Waals surface area (Å²) in [4.78, 5) is 21.8. The zero-order chi connectivity index (χ0) is 20.6. The minimum Gasteiger partial charge on any atom is -0.341 e. The van der Waals surface area contributed by atoms with Gasteiger partial charge in [0.1, 0.15) is 0 Å². The standard InChI is InChI=1S/C19H20F3N5O/c1-11-5-7-14(8-6-11)10-26(4)16(28)9-15-12(2)23-18-24-17(19(20,21)22)25-27(18)13(15)3/h5-8H,9-10H2,1-4H3. The Hall–Kier alpha value is -2.97. The average molecular weight is 391 g/mol. The number of carbonyl (C=O) groups is 1. The minimum absolute atomic E-state index is 0.0180. The molecular weight excluding hydrogens is 371 g/mol. The van der Waals surface area contributed by atoms with Gasteiger partial charge in [-0.3, -0.25) is 4.79 Å². The number of nitrogens with zero attached hydrogens (tertiary/aromatic N) is 5. The lowest BCUT2D eigenvalue weighted by atomic mass is 10.1. The smallest absolute Gasteiger partial charge is 0.341 e. The molecular formula is C19H20F3N5O. The predicted molar refractivity (Wildman–Crippen MR) is 96.6 cm³/mol. The van der Waals surface area contributed by atoms with E-state index in [1.165, 1.54) is 0 Å². The molecule has 9 heteroatoms. The van der Waals surface area contributed by atoms with Crippen molar-refractivity contribution in [2.75, 3.05) is 7.05 Å². The summed E-state index contributed by atoms with van der Waals surface area (Å²) in [6.45, 7) is 5.69. The van der Waals surface area contributed by atoms with E-state index in [1.54, 1.807) is 25.8 Å². The lowest BCUT2D eigenvalue weighted by molar-refractivity contribution is -0.144. The van der Waals surface area contributed by atoms with E-state index >= 15 is 0 Å². The summed E-state index contributed by atoms with van der Waals surface area (Å²) in [6.07, 6.45) is -4.64. The van der Waals surface area contributed by atoms with E-state index in [0.29, 0.717) is 23.5 Å². The molecule has 0 atom stereocenters. The number of aromatic nitrogens is 4. The first kappa shape index (κ1) is 19.8. The highest BCUT2D eigenvalue weighted by Crippen LogP contribution is 2.27. The highest BCUT2D eigenvalue weighted by atomic mass is 19.4. The molecule has 1 aromatic carbocycles.